The largest absolute Gasteiger partial charge is 0.385 e. The zero-order chi connectivity index (χ0) is 9.90. The van der Waals surface area contributed by atoms with Gasteiger partial charge >= 0.3 is 0 Å². The summed E-state index contributed by atoms with van der Waals surface area (Å²) in [6.07, 6.45) is 0.781. The zero-order valence-corrected chi connectivity index (χ0v) is 9.41. The van der Waals surface area contributed by atoms with E-state index in [0.717, 1.165) is 16.3 Å². The van der Waals surface area contributed by atoms with Gasteiger partial charge in [0.2, 0.25) is 0 Å². The van der Waals surface area contributed by atoms with E-state index in [9.17, 15) is 0 Å². The molecule has 0 aliphatic carbocycles. The number of hydrogen-bond acceptors (Lipinski definition) is 3. The van der Waals surface area contributed by atoms with Gasteiger partial charge in [-0.25, -0.2) is 0 Å². The van der Waals surface area contributed by atoms with Crippen molar-refractivity contribution in [3.63, 3.8) is 0 Å². The molecule has 1 atom stereocenters. The van der Waals surface area contributed by atoms with Gasteiger partial charge in [-0.15, -0.1) is 11.3 Å². The molecule has 1 unspecified atom stereocenters. The molecule has 74 valence electrons. The topological polar surface area (TPSA) is 35.2 Å². The highest BCUT2D eigenvalue weighted by molar-refractivity contribution is 7.10. The lowest BCUT2D eigenvalue weighted by atomic mass is 9.98. The van der Waals surface area contributed by atoms with E-state index in [2.05, 4.69) is 0 Å². The summed E-state index contributed by atoms with van der Waals surface area (Å²) in [6.45, 7) is 2.63. The summed E-state index contributed by atoms with van der Waals surface area (Å²) < 4.78 is 5.00. The van der Waals surface area contributed by atoms with Crippen molar-refractivity contribution in [2.45, 2.75) is 18.9 Å². The van der Waals surface area contributed by atoms with Crippen LogP contribution in [0.5, 0.6) is 0 Å². The molecule has 1 aromatic rings. The number of hydrogen-bond donors (Lipinski definition) is 1. The molecule has 0 saturated heterocycles. The maximum absolute atomic E-state index is 6.12. The SMILES string of the molecule is COCCC(C)(N)c1sccc1Cl. The first-order valence-electron chi connectivity index (χ1n) is 4.09. The number of rotatable bonds is 4. The Morgan fingerprint density at radius 3 is 2.85 bits per heavy atom. The third-order valence-corrected chi connectivity index (χ3v) is 3.58. The molecule has 1 rings (SSSR count). The molecule has 0 fully saturated rings. The molecule has 0 aliphatic rings. The molecule has 0 radical (unpaired) electrons. The summed E-state index contributed by atoms with van der Waals surface area (Å²) in [5, 5.41) is 2.71. The fourth-order valence-electron chi connectivity index (χ4n) is 1.13. The van der Waals surface area contributed by atoms with Crippen LogP contribution in [0.2, 0.25) is 5.02 Å². The van der Waals surface area contributed by atoms with Gasteiger partial charge in [0.25, 0.3) is 0 Å². The molecule has 0 bridgehead atoms. The third-order valence-electron chi connectivity index (χ3n) is 1.96. The van der Waals surface area contributed by atoms with Crippen molar-refractivity contribution in [3.8, 4) is 0 Å². The van der Waals surface area contributed by atoms with E-state index in [4.69, 9.17) is 22.1 Å². The van der Waals surface area contributed by atoms with Crippen LogP contribution in [0, 0.1) is 0 Å². The zero-order valence-electron chi connectivity index (χ0n) is 7.84. The van der Waals surface area contributed by atoms with E-state index >= 15 is 0 Å². The van der Waals surface area contributed by atoms with Crippen LogP contribution in [0.15, 0.2) is 11.4 Å². The minimum absolute atomic E-state index is 0.374. The average Bonchev–Trinajstić information content (AvgIpc) is 2.48. The Balaban J connectivity index is 2.74. The molecule has 0 amide bonds. The number of thiophene rings is 1. The summed E-state index contributed by atoms with van der Waals surface area (Å²) in [5.74, 6) is 0. The van der Waals surface area contributed by atoms with Gasteiger partial charge in [0.05, 0.1) is 10.6 Å². The summed E-state index contributed by atoms with van der Waals surface area (Å²) in [7, 11) is 1.67. The molecule has 1 aromatic heterocycles. The van der Waals surface area contributed by atoms with Crippen molar-refractivity contribution < 1.29 is 4.74 Å². The lowest BCUT2D eigenvalue weighted by Crippen LogP contribution is -2.33. The quantitative estimate of drug-likeness (QED) is 0.845. The molecule has 0 spiro atoms. The molecule has 0 aliphatic heterocycles. The smallest absolute Gasteiger partial charge is 0.0563 e. The van der Waals surface area contributed by atoms with Crippen molar-refractivity contribution in [2.24, 2.45) is 5.73 Å². The normalized spacial score (nSPS) is 15.7. The van der Waals surface area contributed by atoms with E-state index in [0.29, 0.717) is 6.61 Å². The summed E-state index contributed by atoms with van der Waals surface area (Å²) in [6, 6.07) is 1.87. The molecule has 13 heavy (non-hydrogen) atoms. The highest BCUT2D eigenvalue weighted by Gasteiger charge is 2.24. The molecule has 2 nitrogen and oxygen atoms in total. The monoisotopic (exact) mass is 219 g/mol. The standard InChI is InChI=1S/C9H14ClNOS/c1-9(11,4-5-12-2)8-7(10)3-6-13-8/h3,6H,4-5,11H2,1-2H3. The van der Waals surface area contributed by atoms with Crippen LogP contribution in [0.4, 0.5) is 0 Å². The van der Waals surface area contributed by atoms with Gasteiger partial charge in [-0.1, -0.05) is 11.6 Å². The fraction of sp³-hybridized carbons (Fsp3) is 0.556. The average molecular weight is 220 g/mol. The summed E-state index contributed by atoms with van der Waals surface area (Å²) in [4.78, 5) is 1.03. The fourth-order valence-corrected chi connectivity index (χ4v) is 2.51. The van der Waals surface area contributed by atoms with Gasteiger partial charge in [-0.3, -0.25) is 0 Å². The van der Waals surface area contributed by atoms with E-state index in [1.54, 1.807) is 18.4 Å². The van der Waals surface area contributed by atoms with Crippen LogP contribution in [0.3, 0.4) is 0 Å². The first-order valence-corrected chi connectivity index (χ1v) is 5.35. The van der Waals surface area contributed by atoms with Gasteiger partial charge < -0.3 is 10.5 Å². The summed E-state index contributed by atoms with van der Waals surface area (Å²) in [5.41, 5.74) is 5.74. The summed E-state index contributed by atoms with van der Waals surface area (Å²) >= 11 is 7.59. The first-order chi connectivity index (χ1) is 6.08. The van der Waals surface area contributed by atoms with Gasteiger partial charge in [0.15, 0.2) is 0 Å². The number of ether oxygens (including phenoxy) is 1. The molecular weight excluding hydrogens is 206 g/mol. The minimum atomic E-state index is -0.374. The lowest BCUT2D eigenvalue weighted by Gasteiger charge is -2.23. The Morgan fingerprint density at radius 2 is 2.38 bits per heavy atom. The maximum Gasteiger partial charge on any atom is 0.0563 e. The van der Waals surface area contributed by atoms with Crippen molar-refractivity contribution in [1.82, 2.24) is 0 Å². The molecule has 1 heterocycles. The highest BCUT2D eigenvalue weighted by atomic mass is 35.5. The Kier molecular flexibility index (Phi) is 3.74. The molecule has 0 aromatic carbocycles. The van der Waals surface area contributed by atoms with Crippen molar-refractivity contribution in [1.29, 1.82) is 0 Å². The second-order valence-corrected chi connectivity index (χ2v) is 4.58. The van der Waals surface area contributed by atoms with Crippen molar-refractivity contribution >= 4 is 22.9 Å². The van der Waals surface area contributed by atoms with Crippen LogP contribution in [-0.2, 0) is 10.3 Å². The Bertz CT molecular complexity index is 272. The van der Waals surface area contributed by atoms with E-state index in [1.807, 2.05) is 18.4 Å². The molecule has 2 N–H and O–H groups in total. The third kappa shape index (κ3) is 2.68. The van der Waals surface area contributed by atoms with Crippen LogP contribution in [0.1, 0.15) is 18.2 Å². The van der Waals surface area contributed by atoms with E-state index in [-0.39, 0.29) is 5.54 Å². The molecular formula is C9H14ClNOS. The lowest BCUT2D eigenvalue weighted by molar-refractivity contribution is 0.173. The minimum Gasteiger partial charge on any atom is -0.385 e. The number of nitrogens with two attached hydrogens (primary N) is 1. The number of halogens is 1. The molecule has 0 saturated carbocycles. The van der Waals surface area contributed by atoms with Gasteiger partial charge in [0.1, 0.15) is 0 Å². The Labute approximate surface area is 87.7 Å². The second-order valence-electron chi connectivity index (χ2n) is 3.26. The van der Waals surface area contributed by atoms with E-state index < -0.39 is 0 Å². The van der Waals surface area contributed by atoms with Gasteiger partial charge in [-0.2, -0.15) is 0 Å². The second kappa shape index (κ2) is 4.42. The maximum atomic E-state index is 6.12. The predicted molar refractivity (Wildman–Crippen MR) is 57.4 cm³/mol. The van der Waals surface area contributed by atoms with Crippen molar-refractivity contribution in [3.05, 3.63) is 21.3 Å². The van der Waals surface area contributed by atoms with Crippen LogP contribution in [-0.4, -0.2) is 13.7 Å². The Morgan fingerprint density at radius 1 is 1.69 bits per heavy atom. The first kappa shape index (κ1) is 11.0. The number of methoxy groups -OCH3 is 1. The van der Waals surface area contributed by atoms with Crippen LogP contribution in [0.25, 0.3) is 0 Å². The van der Waals surface area contributed by atoms with Crippen LogP contribution < -0.4 is 5.73 Å². The van der Waals surface area contributed by atoms with E-state index in [1.165, 1.54) is 0 Å². The van der Waals surface area contributed by atoms with Gasteiger partial charge in [0, 0.05) is 18.6 Å². The van der Waals surface area contributed by atoms with Crippen LogP contribution >= 0.6 is 22.9 Å². The Hall–Kier alpha value is -0.0900. The predicted octanol–water partition coefficient (Wildman–Crippen LogP) is 2.61. The van der Waals surface area contributed by atoms with Gasteiger partial charge in [-0.05, 0) is 24.8 Å². The van der Waals surface area contributed by atoms with Crippen molar-refractivity contribution in [2.75, 3.05) is 13.7 Å². The highest BCUT2D eigenvalue weighted by Crippen LogP contribution is 2.33. The molecule has 4 heteroatoms.